The van der Waals surface area contributed by atoms with Crippen molar-refractivity contribution >= 4 is 21.4 Å². The van der Waals surface area contributed by atoms with E-state index in [4.69, 9.17) is 4.74 Å². The lowest BCUT2D eigenvalue weighted by atomic mass is 10.2. The molecule has 6 nitrogen and oxygen atoms in total. The molecule has 22 heavy (non-hydrogen) atoms. The predicted octanol–water partition coefficient (Wildman–Crippen LogP) is 2.31. The van der Waals surface area contributed by atoms with Crippen LogP contribution in [0.1, 0.15) is 5.56 Å². The first-order valence-corrected chi connectivity index (χ1v) is 8.27. The summed E-state index contributed by atoms with van der Waals surface area (Å²) in [5.41, 5.74) is 1.71. The molecule has 2 aromatic carbocycles. The Kier molecular flexibility index (Phi) is 3.58. The van der Waals surface area contributed by atoms with Gasteiger partial charge in [-0.2, -0.15) is 0 Å². The van der Waals surface area contributed by atoms with Gasteiger partial charge in [-0.1, -0.05) is 6.07 Å². The molecule has 0 aromatic heterocycles. The minimum absolute atomic E-state index is 0.00473. The van der Waals surface area contributed by atoms with Crippen molar-refractivity contribution in [1.82, 2.24) is 0 Å². The SMILES string of the molecule is Cc1cc2c(cc1S(=O)(=O)Nc1cccc(O)c1)OCCN2. The van der Waals surface area contributed by atoms with Gasteiger partial charge in [0.1, 0.15) is 18.1 Å². The zero-order valence-electron chi connectivity index (χ0n) is 12.0. The summed E-state index contributed by atoms with van der Waals surface area (Å²) in [6.07, 6.45) is 0. The largest absolute Gasteiger partial charge is 0.508 e. The summed E-state index contributed by atoms with van der Waals surface area (Å²) in [6, 6.07) is 9.24. The second kappa shape index (κ2) is 5.42. The van der Waals surface area contributed by atoms with Crippen molar-refractivity contribution in [3.63, 3.8) is 0 Å². The molecular formula is C15H16N2O4S. The molecule has 1 aliphatic rings. The van der Waals surface area contributed by atoms with Crippen molar-refractivity contribution in [3.05, 3.63) is 42.0 Å². The third-order valence-corrected chi connectivity index (χ3v) is 4.86. The van der Waals surface area contributed by atoms with Crippen LogP contribution in [0.3, 0.4) is 0 Å². The quantitative estimate of drug-likeness (QED) is 0.808. The monoisotopic (exact) mass is 320 g/mol. The highest BCUT2D eigenvalue weighted by Crippen LogP contribution is 2.33. The van der Waals surface area contributed by atoms with Gasteiger partial charge in [0.15, 0.2) is 0 Å². The molecule has 7 heteroatoms. The Morgan fingerprint density at radius 1 is 1.27 bits per heavy atom. The second-order valence-electron chi connectivity index (χ2n) is 5.04. The maximum absolute atomic E-state index is 12.6. The number of benzene rings is 2. The molecule has 3 rings (SSSR count). The molecule has 0 atom stereocenters. The van der Waals surface area contributed by atoms with Gasteiger partial charge in [0.05, 0.1) is 16.3 Å². The van der Waals surface area contributed by atoms with Gasteiger partial charge in [-0.25, -0.2) is 8.42 Å². The van der Waals surface area contributed by atoms with E-state index in [1.807, 2.05) is 0 Å². The van der Waals surface area contributed by atoms with E-state index in [2.05, 4.69) is 10.0 Å². The molecule has 2 aromatic rings. The number of hydrogen-bond acceptors (Lipinski definition) is 5. The van der Waals surface area contributed by atoms with Gasteiger partial charge >= 0.3 is 0 Å². The topological polar surface area (TPSA) is 87.7 Å². The van der Waals surface area contributed by atoms with Crippen molar-refractivity contribution in [1.29, 1.82) is 0 Å². The highest BCUT2D eigenvalue weighted by Gasteiger charge is 2.21. The van der Waals surface area contributed by atoms with Crippen LogP contribution in [-0.2, 0) is 10.0 Å². The molecule has 0 saturated carbocycles. The summed E-state index contributed by atoms with van der Waals surface area (Å²) in [6.45, 7) is 2.92. The molecule has 1 heterocycles. The highest BCUT2D eigenvalue weighted by molar-refractivity contribution is 7.92. The summed E-state index contributed by atoms with van der Waals surface area (Å²) in [5, 5.41) is 12.6. The number of phenols is 1. The average Bonchev–Trinajstić information content (AvgIpc) is 2.46. The van der Waals surface area contributed by atoms with E-state index in [1.54, 1.807) is 25.1 Å². The minimum atomic E-state index is -3.76. The van der Waals surface area contributed by atoms with Crippen LogP contribution < -0.4 is 14.8 Å². The highest BCUT2D eigenvalue weighted by atomic mass is 32.2. The van der Waals surface area contributed by atoms with Crippen molar-refractivity contribution < 1.29 is 18.3 Å². The fourth-order valence-corrected chi connectivity index (χ4v) is 3.63. The molecule has 1 aliphatic heterocycles. The number of fused-ring (bicyclic) bond motifs is 1. The van der Waals surface area contributed by atoms with E-state index >= 15 is 0 Å². The van der Waals surface area contributed by atoms with Gasteiger partial charge < -0.3 is 15.2 Å². The van der Waals surface area contributed by atoms with Gasteiger partial charge in [0.25, 0.3) is 10.0 Å². The predicted molar refractivity (Wildman–Crippen MR) is 84.1 cm³/mol. The third kappa shape index (κ3) is 2.80. The van der Waals surface area contributed by atoms with Crippen LogP contribution in [0.5, 0.6) is 11.5 Å². The Balaban J connectivity index is 1.98. The third-order valence-electron chi connectivity index (χ3n) is 3.34. The molecule has 3 N–H and O–H groups in total. The van der Waals surface area contributed by atoms with Gasteiger partial charge in [-0.3, -0.25) is 4.72 Å². The Bertz CT molecular complexity index is 818. The minimum Gasteiger partial charge on any atom is -0.508 e. The fraction of sp³-hybridized carbons (Fsp3) is 0.200. The molecule has 0 bridgehead atoms. The molecule has 0 unspecified atom stereocenters. The first-order chi connectivity index (χ1) is 10.5. The van der Waals surface area contributed by atoms with Crippen molar-refractivity contribution in [2.24, 2.45) is 0 Å². The second-order valence-corrected chi connectivity index (χ2v) is 6.70. The van der Waals surface area contributed by atoms with Gasteiger partial charge in [-0.15, -0.1) is 0 Å². The van der Waals surface area contributed by atoms with E-state index in [-0.39, 0.29) is 10.6 Å². The van der Waals surface area contributed by atoms with Crippen molar-refractivity contribution in [3.8, 4) is 11.5 Å². The van der Waals surface area contributed by atoms with Crippen molar-refractivity contribution in [2.75, 3.05) is 23.2 Å². The molecular weight excluding hydrogens is 304 g/mol. The summed E-state index contributed by atoms with van der Waals surface area (Å²) >= 11 is 0. The number of phenolic OH excluding ortho intramolecular Hbond substituents is 1. The van der Waals surface area contributed by atoms with E-state index in [9.17, 15) is 13.5 Å². The maximum Gasteiger partial charge on any atom is 0.262 e. The number of aryl methyl sites for hydroxylation is 1. The Morgan fingerprint density at radius 2 is 2.09 bits per heavy atom. The summed E-state index contributed by atoms with van der Waals surface area (Å²) in [7, 11) is -3.76. The molecule has 0 spiro atoms. The maximum atomic E-state index is 12.6. The zero-order valence-corrected chi connectivity index (χ0v) is 12.8. The Morgan fingerprint density at radius 3 is 2.86 bits per heavy atom. The number of rotatable bonds is 3. The molecule has 0 saturated heterocycles. The van der Waals surface area contributed by atoms with Gasteiger partial charge in [0, 0.05) is 18.7 Å². The number of sulfonamides is 1. The van der Waals surface area contributed by atoms with Crippen LogP contribution in [0, 0.1) is 6.92 Å². The van der Waals surface area contributed by atoms with Crippen LogP contribution in [-0.4, -0.2) is 26.7 Å². The number of aromatic hydroxyl groups is 1. The fourth-order valence-electron chi connectivity index (χ4n) is 2.34. The van der Waals surface area contributed by atoms with E-state index in [0.717, 1.165) is 5.69 Å². The number of anilines is 2. The van der Waals surface area contributed by atoms with E-state index in [1.165, 1.54) is 18.2 Å². The lowest BCUT2D eigenvalue weighted by Crippen LogP contribution is -2.20. The standard InChI is InChI=1S/C15H16N2O4S/c1-10-7-13-14(21-6-5-16-13)9-15(10)22(19,20)17-11-3-2-4-12(18)8-11/h2-4,7-9,16-18H,5-6H2,1H3. The van der Waals surface area contributed by atoms with Crippen LogP contribution in [0.25, 0.3) is 0 Å². The van der Waals surface area contributed by atoms with Crippen LogP contribution in [0.15, 0.2) is 41.3 Å². The summed E-state index contributed by atoms with van der Waals surface area (Å²) in [5.74, 6) is 0.517. The number of nitrogens with one attached hydrogen (secondary N) is 2. The molecule has 0 amide bonds. The summed E-state index contributed by atoms with van der Waals surface area (Å²) < 4.78 is 33.0. The lowest BCUT2D eigenvalue weighted by Gasteiger charge is -2.21. The molecule has 0 fully saturated rings. The normalized spacial score (nSPS) is 13.7. The smallest absolute Gasteiger partial charge is 0.262 e. The first kappa shape index (κ1) is 14.5. The van der Waals surface area contributed by atoms with E-state index < -0.39 is 10.0 Å². The Hall–Kier alpha value is -2.41. The van der Waals surface area contributed by atoms with Crippen LogP contribution in [0.4, 0.5) is 11.4 Å². The Labute approximate surface area is 128 Å². The molecule has 0 radical (unpaired) electrons. The first-order valence-electron chi connectivity index (χ1n) is 6.79. The van der Waals surface area contributed by atoms with E-state index in [0.29, 0.717) is 30.2 Å². The number of hydrogen-bond donors (Lipinski definition) is 3. The van der Waals surface area contributed by atoms with Gasteiger partial charge in [0.2, 0.25) is 0 Å². The lowest BCUT2D eigenvalue weighted by molar-refractivity contribution is 0.322. The molecule has 116 valence electrons. The summed E-state index contributed by atoms with van der Waals surface area (Å²) in [4.78, 5) is 0.151. The number of ether oxygens (including phenoxy) is 1. The van der Waals surface area contributed by atoms with Crippen LogP contribution >= 0.6 is 0 Å². The molecule has 0 aliphatic carbocycles. The average molecular weight is 320 g/mol. The van der Waals surface area contributed by atoms with Crippen LogP contribution in [0.2, 0.25) is 0 Å². The zero-order chi connectivity index (χ0) is 15.7. The van der Waals surface area contributed by atoms with Crippen molar-refractivity contribution in [2.45, 2.75) is 11.8 Å². The van der Waals surface area contributed by atoms with Gasteiger partial charge in [-0.05, 0) is 30.7 Å².